The number of aromatic hydroxyl groups is 2. The molecule has 3 aromatic carbocycles. The van der Waals surface area contributed by atoms with E-state index in [9.17, 15) is 10.2 Å². The lowest BCUT2D eigenvalue weighted by Crippen LogP contribution is -2.47. The molecule has 4 aromatic rings. The fourth-order valence-electron chi connectivity index (χ4n) is 5.09. The molecule has 0 atom stereocenters. The molecule has 35 heavy (non-hydrogen) atoms. The second kappa shape index (κ2) is 8.90. The number of fused-ring (bicyclic) bond motifs is 1. The highest BCUT2D eigenvalue weighted by Crippen LogP contribution is 2.34. The van der Waals surface area contributed by atoms with Crippen molar-refractivity contribution in [3.63, 3.8) is 0 Å². The molecule has 2 aliphatic rings. The number of rotatable bonds is 4. The van der Waals surface area contributed by atoms with E-state index < -0.39 is 0 Å². The lowest BCUT2D eigenvalue weighted by molar-refractivity contribution is 0.315. The van der Waals surface area contributed by atoms with Gasteiger partial charge in [-0.15, -0.1) is 0 Å². The molecule has 0 amide bonds. The van der Waals surface area contributed by atoms with Crippen LogP contribution in [0.2, 0.25) is 0 Å². The van der Waals surface area contributed by atoms with Gasteiger partial charge >= 0.3 is 0 Å². The Morgan fingerprint density at radius 1 is 0.486 bits per heavy atom. The average molecular weight is 473 g/mol. The zero-order valence-corrected chi connectivity index (χ0v) is 19.4. The van der Waals surface area contributed by atoms with Gasteiger partial charge in [0.25, 0.3) is 0 Å². The predicted octanol–water partition coefficient (Wildman–Crippen LogP) is 3.29. The van der Waals surface area contributed by atoms with Crippen LogP contribution >= 0.6 is 0 Å². The van der Waals surface area contributed by atoms with Gasteiger partial charge in [-0.1, -0.05) is 0 Å². The van der Waals surface area contributed by atoms with Crippen LogP contribution in [-0.4, -0.2) is 72.9 Å². The fraction of sp³-hybridized carbons (Fsp3) is 0.308. The summed E-state index contributed by atoms with van der Waals surface area (Å²) in [6, 6.07) is 19.1. The van der Waals surface area contributed by atoms with Gasteiger partial charge in [0, 0.05) is 63.7 Å². The van der Waals surface area contributed by atoms with E-state index in [0.29, 0.717) is 0 Å². The Bertz CT molecular complexity index is 1190. The molecule has 0 bridgehead atoms. The summed E-state index contributed by atoms with van der Waals surface area (Å²) >= 11 is 0. The minimum absolute atomic E-state index is 0.287. The molecule has 9 nitrogen and oxygen atoms in total. The maximum absolute atomic E-state index is 9.55. The Labute approximate surface area is 203 Å². The van der Waals surface area contributed by atoms with Gasteiger partial charge in [0.05, 0.1) is 11.4 Å². The number of phenols is 2. The summed E-state index contributed by atoms with van der Waals surface area (Å²) < 4.78 is 5.21. The van der Waals surface area contributed by atoms with E-state index in [0.717, 1.165) is 86.1 Å². The minimum atomic E-state index is 0.287. The highest BCUT2D eigenvalue weighted by Gasteiger charge is 2.25. The van der Waals surface area contributed by atoms with Crippen molar-refractivity contribution in [2.75, 3.05) is 72.0 Å². The van der Waals surface area contributed by atoms with Crippen LogP contribution in [0.1, 0.15) is 0 Å². The zero-order chi connectivity index (χ0) is 23.8. The van der Waals surface area contributed by atoms with E-state index in [1.807, 2.05) is 24.3 Å². The molecule has 2 saturated heterocycles. The molecule has 2 fully saturated rings. The fourth-order valence-corrected chi connectivity index (χ4v) is 5.09. The molecule has 3 heterocycles. The van der Waals surface area contributed by atoms with Crippen LogP contribution in [0.25, 0.3) is 11.0 Å². The van der Waals surface area contributed by atoms with Crippen LogP contribution < -0.4 is 19.6 Å². The van der Waals surface area contributed by atoms with E-state index in [2.05, 4.69) is 42.0 Å². The van der Waals surface area contributed by atoms with Crippen molar-refractivity contribution in [1.82, 2.24) is 10.3 Å². The SMILES string of the molecule is Oc1ccc(N2CCN(c3ccc(N4CCN(c5ccc(O)cc5)CC4)c4nonc34)CC2)cc1. The molecule has 0 saturated carbocycles. The van der Waals surface area contributed by atoms with Crippen molar-refractivity contribution >= 4 is 33.8 Å². The monoisotopic (exact) mass is 472 g/mol. The molecule has 2 N–H and O–H groups in total. The predicted molar refractivity (Wildman–Crippen MR) is 137 cm³/mol. The van der Waals surface area contributed by atoms with Crippen LogP contribution in [0, 0.1) is 0 Å². The summed E-state index contributed by atoms with van der Waals surface area (Å²) in [5.41, 5.74) is 5.97. The Kier molecular flexibility index (Phi) is 5.44. The first kappa shape index (κ1) is 21.4. The number of hydrogen-bond acceptors (Lipinski definition) is 9. The Hall–Kier alpha value is -4.14. The number of benzene rings is 3. The summed E-state index contributed by atoms with van der Waals surface area (Å²) in [6.45, 7) is 7.02. The van der Waals surface area contributed by atoms with Crippen molar-refractivity contribution in [3.8, 4) is 11.5 Å². The summed E-state index contributed by atoms with van der Waals surface area (Å²) in [5, 5.41) is 27.7. The molecular formula is C26H28N6O3. The number of nitrogens with zero attached hydrogens (tertiary/aromatic N) is 6. The van der Waals surface area contributed by atoms with Crippen molar-refractivity contribution in [1.29, 1.82) is 0 Å². The largest absolute Gasteiger partial charge is 0.508 e. The lowest BCUT2D eigenvalue weighted by atomic mass is 10.1. The normalized spacial score (nSPS) is 16.8. The second-order valence-corrected chi connectivity index (χ2v) is 9.05. The Balaban J connectivity index is 1.15. The lowest BCUT2D eigenvalue weighted by Gasteiger charge is -2.38. The van der Waals surface area contributed by atoms with Gasteiger partial charge in [-0.05, 0) is 71.0 Å². The van der Waals surface area contributed by atoms with Crippen LogP contribution in [0.5, 0.6) is 11.5 Å². The summed E-state index contributed by atoms with van der Waals surface area (Å²) in [6.07, 6.45) is 0. The van der Waals surface area contributed by atoms with Gasteiger partial charge in [-0.25, -0.2) is 4.63 Å². The third-order valence-electron chi connectivity index (χ3n) is 7.04. The molecule has 0 spiro atoms. The van der Waals surface area contributed by atoms with Crippen LogP contribution in [0.15, 0.2) is 65.3 Å². The van der Waals surface area contributed by atoms with E-state index >= 15 is 0 Å². The van der Waals surface area contributed by atoms with Gasteiger partial charge in [0.2, 0.25) is 0 Å². The molecule has 0 unspecified atom stereocenters. The van der Waals surface area contributed by atoms with E-state index in [1.54, 1.807) is 24.3 Å². The van der Waals surface area contributed by atoms with Crippen LogP contribution in [-0.2, 0) is 0 Å². The van der Waals surface area contributed by atoms with Crippen LogP contribution in [0.4, 0.5) is 22.7 Å². The third-order valence-corrected chi connectivity index (χ3v) is 7.04. The third kappa shape index (κ3) is 4.14. The van der Waals surface area contributed by atoms with Gasteiger partial charge in [0.1, 0.15) is 11.5 Å². The first-order valence-corrected chi connectivity index (χ1v) is 12.0. The van der Waals surface area contributed by atoms with Gasteiger partial charge < -0.3 is 29.8 Å². The van der Waals surface area contributed by atoms with Gasteiger partial charge in [0.15, 0.2) is 11.0 Å². The zero-order valence-electron chi connectivity index (χ0n) is 19.4. The maximum atomic E-state index is 9.55. The molecule has 2 aliphatic heterocycles. The van der Waals surface area contributed by atoms with Crippen molar-refractivity contribution in [2.45, 2.75) is 0 Å². The summed E-state index contributed by atoms with van der Waals surface area (Å²) in [7, 11) is 0. The van der Waals surface area contributed by atoms with Gasteiger partial charge in [-0.3, -0.25) is 0 Å². The van der Waals surface area contributed by atoms with Crippen molar-refractivity contribution in [3.05, 3.63) is 60.7 Å². The van der Waals surface area contributed by atoms with E-state index in [1.165, 1.54) is 0 Å². The van der Waals surface area contributed by atoms with Crippen molar-refractivity contribution < 1.29 is 14.8 Å². The number of phenolic OH excluding ortho intramolecular Hbond substituents is 2. The summed E-state index contributed by atoms with van der Waals surface area (Å²) in [4.78, 5) is 9.35. The second-order valence-electron chi connectivity index (χ2n) is 9.05. The number of anilines is 4. The smallest absolute Gasteiger partial charge is 0.160 e. The van der Waals surface area contributed by atoms with E-state index in [4.69, 9.17) is 4.63 Å². The highest BCUT2D eigenvalue weighted by molar-refractivity contribution is 5.96. The number of hydrogen-bond donors (Lipinski definition) is 2. The molecule has 1 aromatic heterocycles. The minimum Gasteiger partial charge on any atom is -0.508 e. The maximum Gasteiger partial charge on any atom is 0.160 e. The molecule has 6 rings (SSSR count). The molecule has 180 valence electrons. The van der Waals surface area contributed by atoms with Crippen LogP contribution in [0.3, 0.4) is 0 Å². The van der Waals surface area contributed by atoms with Gasteiger partial charge in [-0.2, -0.15) is 0 Å². The summed E-state index contributed by atoms with van der Waals surface area (Å²) in [5.74, 6) is 0.574. The topological polar surface area (TPSA) is 92.3 Å². The standard InChI is InChI=1S/C26H28N6O3/c33-21-5-1-19(2-6-21)29-11-15-31(16-12-29)23-9-10-24(26-25(23)27-35-28-26)32-17-13-30(14-18-32)20-3-7-22(34)8-4-20/h1-10,33-34H,11-18H2. The molecule has 0 radical (unpaired) electrons. The Morgan fingerprint density at radius 2 is 0.829 bits per heavy atom. The quantitative estimate of drug-likeness (QED) is 0.464. The Morgan fingerprint density at radius 3 is 1.20 bits per heavy atom. The first-order valence-electron chi connectivity index (χ1n) is 12.0. The van der Waals surface area contributed by atoms with E-state index in [-0.39, 0.29) is 11.5 Å². The molecule has 0 aliphatic carbocycles. The number of piperazine rings is 2. The first-order chi connectivity index (χ1) is 17.2. The number of aromatic nitrogens is 2. The van der Waals surface area contributed by atoms with Crippen molar-refractivity contribution in [2.24, 2.45) is 0 Å². The molecule has 9 heteroatoms. The highest BCUT2D eigenvalue weighted by atomic mass is 16.6. The molecular weight excluding hydrogens is 444 g/mol. The average Bonchev–Trinajstić information content (AvgIpc) is 3.40.